The molecule has 1 N–H and O–H groups in total. The Balaban J connectivity index is 1.46. The fourth-order valence-electron chi connectivity index (χ4n) is 3.19. The van der Waals surface area contributed by atoms with Crippen LogP contribution in [0.1, 0.15) is 28.8 Å². The molecule has 1 spiro atoms. The Morgan fingerprint density at radius 1 is 1.08 bits per heavy atom. The molecule has 128 valence electrons. The largest absolute Gasteiger partial charge is 0.338 e. The van der Waals surface area contributed by atoms with Crippen molar-refractivity contribution in [3.05, 3.63) is 71.5 Å². The molecule has 0 unspecified atom stereocenters. The zero-order chi connectivity index (χ0) is 17.3. The second kappa shape index (κ2) is 6.29. The Morgan fingerprint density at radius 3 is 2.48 bits per heavy atom. The topological polar surface area (TPSA) is 53.9 Å². The Morgan fingerprint density at radius 2 is 1.76 bits per heavy atom. The number of nitrogens with zero attached hydrogens (tertiary/aromatic N) is 2. The molecule has 0 radical (unpaired) electrons. The van der Waals surface area contributed by atoms with Gasteiger partial charge in [-0.15, -0.1) is 0 Å². The lowest BCUT2D eigenvalue weighted by Gasteiger charge is -2.35. The molecular formula is C19H18FN3O2. The van der Waals surface area contributed by atoms with E-state index in [1.54, 1.807) is 17.0 Å². The summed E-state index contributed by atoms with van der Waals surface area (Å²) in [6.45, 7) is 0.945. The van der Waals surface area contributed by atoms with Crippen LogP contribution in [0.4, 0.5) is 4.39 Å². The molecule has 1 saturated heterocycles. The predicted molar refractivity (Wildman–Crippen MR) is 91.5 cm³/mol. The van der Waals surface area contributed by atoms with E-state index in [1.807, 2.05) is 30.3 Å². The van der Waals surface area contributed by atoms with E-state index in [1.165, 1.54) is 12.1 Å². The highest BCUT2D eigenvalue weighted by Crippen LogP contribution is 2.31. The van der Waals surface area contributed by atoms with Gasteiger partial charge in [0.1, 0.15) is 5.82 Å². The predicted octanol–water partition coefficient (Wildman–Crippen LogP) is 2.74. The van der Waals surface area contributed by atoms with Crippen LogP contribution in [-0.4, -0.2) is 35.5 Å². The number of piperidine rings is 1. The number of hydrogen-bond donors (Lipinski definition) is 1. The van der Waals surface area contributed by atoms with Crippen LogP contribution in [0.2, 0.25) is 0 Å². The third-order valence-electron chi connectivity index (χ3n) is 4.64. The summed E-state index contributed by atoms with van der Waals surface area (Å²) >= 11 is 0. The van der Waals surface area contributed by atoms with Gasteiger partial charge in [0.15, 0.2) is 11.6 Å². The van der Waals surface area contributed by atoms with Crippen LogP contribution in [0.3, 0.4) is 0 Å². The fourth-order valence-corrected chi connectivity index (χ4v) is 3.19. The molecule has 2 aromatic rings. The summed E-state index contributed by atoms with van der Waals surface area (Å²) in [7, 11) is 0. The second-order valence-electron chi connectivity index (χ2n) is 6.25. The highest BCUT2D eigenvalue weighted by atomic mass is 19.1. The normalized spacial score (nSPS) is 18.8. The molecule has 0 bridgehead atoms. The van der Waals surface area contributed by atoms with Crippen molar-refractivity contribution in [1.82, 2.24) is 10.4 Å². The van der Waals surface area contributed by atoms with Gasteiger partial charge in [-0.2, -0.15) is 0 Å². The summed E-state index contributed by atoms with van der Waals surface area (Å²) in [5, 5.41) is 0. The van der Waals surface area contributed by atoms with E-state index in [4.69, 9.17) is 9.83 Å². The molecule has 25 heavy (non-hydrogen) atoms. The number of amides is 1. The fraction of sp³-hybridized carbons (Fsp3) is 0.263. The van der Waals surface area contributed by atoms with Crippen LogP contribution in [0.15, 0.2) is 59.6 Å². The molecule has 1 fully saturated rings. The van der Waals surface area contributed by atoms with E-state index in [9.17, 15) is 9.18 Å². The van der Waals surface area contributed by atoms with Crippen LogP contribution in [-0.2, 0) is 4.84 Å². The van der Waals surface area contributed by atoms with Gasteiger partial charge in [0.25, 0.3) is 5.91 Å². The quantitative estimate of drug-likeness (QED) is 0.915. The minimum Gasteiger partial charge on any atom is -0.338 e. The van der Waals surface area contributed by atoms with Crippen molar-refractivity contribution in [2.45, 2.75) is 18.6 Å². The molecule has 6 heteroatoms. The number of aliphatic imine (C=N–C) groups is 1. The van der Waals surface area contributed by atoms with E-state index in [0.717, 1.165) is 5.56 Å². The first-order valence-electron chi connectivity index (χ1n) is 8.30. The molecule has 0 saturated carbocycles. The van der Waals surface area contributed by atoms with Gasteiger partial charge in [-0.1, -0.05) is 42.5 Å². The molecular weight excluding hydrogens is 321 g/mol. The average Bonchev–Trinajstić information content (AvgIpc) is 3.07. The minimum absolute atomic E-state index is 0.109. The molecule has 2 aromatic carbocycles. The lowest BCUT2D eigenvalue weighted by atomic mass is 10.00. The lowest BCUT2D eigenvalue weighted by Crippen LogP contribution is -2.46. The van der Waals surface area contributed by atoms with Crippen LogP contribution in [0, 0.1) is 5.82 Å². The Labute approximate surface area is 145 Å². The summed E-state index contributed by atoms with van der Waals surface area (Å²) in [4.78, 5) is 24.6. The van der Waals surface area contributed by atoms with E-state index in [0.29, 0.717) is 31.8 Å². The molecule has 2 heterocycles. The molecule has 1 amide bonds. The summed E-state index contributed by atoms with van der Waals surface area (Å²) < 4.78 is 13.8. The van der Waals surface area contributed by atoms with Crippen molar-refractivity contribution in [3.8, 4) is 0 Å². The van der Waals surface area contributed by atoms with Gasteiger partial charge in [-0.3, -0.25) is 4.79 Å². The van der Waals surface area contributed by atoms with Crippen LogP contribution < -0.4 is 5.48 Å². The molecule has 0 aliphatic carbocycles. The van der Waals surface area contributed by atoms with E-state index in [2.05, 4.69) is 5.48 Å². The number of halogens is 1. The number of carbonyl (C=O) groups excluding carboxylic acids is 1. The third kappa shape index (κ3) is 3.00. The lowest BCUT2D eigenvalue weighted by molar-refractivity contribution is -0.0849. The number of rotatable bonds is 2. The third-order valence-corrected chi connectivity index (χ3v) is 4.64. The molecule has 0 aromatic heterocycles. The maximum Gasteiger partial charge on any atom is 0.256 e. The summed E-state index contributed by atoms with van der Waals surface area (Å²) in [6, 6.07) is 15.8. The van der Waals surface area contributed by atoms with Crippen molar-refractivity contribution in [1.29, 1.82) is 0 Å². The van der Waals surface area contributed by atoms with E-state index in [-0.39, 0.29) is 11.5 Å². The van der Waals surface area contributed by atoms with Crippen molar-refractivity contribution < 1.29 is 14.0 Å². The SMILES string of the molecule is O=C(c1ccccc1F)N1CCC2(CC1)N=C(c1ccccc1)NO2. The maximum absolute atomic E-state index is 13.8. The maximum atomic E-state index is 13.8. The molecule has 2 aliphatic rings. The number of hydrogen-bond acceptors (Lipinski definition) is 4. The summed E-state index contributed by atoms with van der Waals surface area (Å²) in [5.41, 5.74) is 3.32. The van der Waals surface area contributed by atoms with Crippen molar-refractivity contribution in [3.63, 3.8) is 0 Å². The molecule has 2 aliphatic heterocycles. The number of amidine groups is 1. The van der Waals surface area contributed by atoms with Gasteiger partial charge in [0.2, 0.25) is 0 Å². The second-order valence-corrected chi connectivity index (χ2v) is 6.25. The first-order valence-corrected chi connectivity index (χ1v) is 8.30. The summed E-state index contributed by atoms with van der Waals surface area (Å²) in [5.74, 6) is -0.0726. The monoisotopic (exact) mass is 339 g/mol. The zero-order valence-electron chi connectivity index (χ0n) is 13.6. The van der Waals surface area contributed by atoms with E-state index >= 15 is 0 Å². The van der Waals surface area contributed by atoms with Crippen molar-refractivity contribution in [2.24, 2.45) is 4.99 Å². The first-order chi connectivity index (χ1) is 12.2. The van der Waals surface area contributed by atoms with Crippen molar-refractivity contribution >= 4 is 11.7 Å². The highest BCUT2D eigenvalue weighted by molar-refractivity contribution is 5.99. The number of nitrogens with one attached hydrogen (secondary N) is 1. The standard InChI is InChI=1S/C19H18FN3O2/c20-16-9-5-4-8-15(16)18(24)23-12-10-19(11-13-23)21-17(22-25-19)14-6-2-1-3-7-14/h1-9H,10-13H2,(H,21,22). The molecule has 4 rings (SSSR count). The number of hydroxylamine groups is 1. The van der Waals surface area contributed by atoms with Gasteiger partial charge < -0.3 is 4.90 Å². The smallest absolute Gasteiger partial charge is 0.256 e. The number of carbonyl (C=O) groups is 1. The Hall–Kier alpha value is -2.73. The Kier molecular flexibility index (Phi) is 3.97. The van der Waals surface area contributed by atoms with Gasteiger partial charge >= 0.3 is 0 Å². The highest BCUT2D eigenvalue weighted by Gasteiger charge is 2.41. The zero-order valence-corrected chi connectivity index (χ0v) is 13.6. The first kappa shape index (κ1) is 15.8. The van der Waals surface area contributed by atoms with Crippen LogP contribution >= 0.6 is 0 Å². The van der Waals surface area contributed by atoms with Gasteiger partial charge in [0, 0.05) is 31.5 Å². The molecule has 5 nitrogen and oxygen atoms in total. The summed E-state index contributed by atoms with van der Waals surface area (Å²) in [6.07, 6.45) is 1.13. The van der Waals surface area contributed by atoms with Gasteiger partial charge in [-0.25, -0.2) is 19.7 Å². The minimum atomic E-state index is -0.656. The Bertz CT molecular complexity index is 814. The van der Waals surface area contributed by atoms with Crippen LogP contribution in [0.5, 0.6) is 0 Å². The molecule has 0 atom stereocenters. The van der Waals surface area contributed by atoms with Gasteiger partial charge in [-0.05, 0) is 12.1 Å². The van der Waals surface area contributed by atoms with Crippen LogP contribution in [0.25, 0.3) is 0 Å². The average molecular weight is 339 g/mol. The van der Waals surface area contributed by atoms with Crippen molar-refractivity contribution in [2.75, 3.05) is 13.1 Å². The number of likely N-dealkylation sites (tertiary alicyclic amines) is 1. The van der Waals surface area contributed by atoms with E-state index < -0.39 is 11.5 Å². The van der Waals surface area contributed by atoms with Gasteiger partial charge in [0.05, 0.1) is 5.56 Å². The number of benzene rings is 2.